The van der Waals surface area contributed by atoms with E-state index in [4.69, 9.17) is 16.3 Å². The van der Waals surface area contributed by atoms with E-state index in [1.807, 2.05) is 0 Å². The second kappa shape index (κ2) is 8.29. The van der Waals surface area contributed by atoms with Gasteiger partial charge in [-0.15, -0.1) is 0 Å². The Morgan fingerprint density at radius 2 is 2.08 bits per heavy atom. The van der Waals surface area contributed by atoms with E-state index in [1.165, 1.54) is 0 Å². The molecule has 0 saturated heterocycles. The largest absolute Gasteiger partial charge is 1.00 e. The number of rotatable bonds is 5. The first-order chi connectivity index (χ1) is 5.02. The smallest absolute Gasteiger partial charge is 0.548 e. The number of carboxylic acids is 1. The summed E-state index contributed by atoms with van der Waals surface area (Å²) in [6, 6.07) is 0. The van der Waals surface area contributed by atoms with E-state index in [0.717, 1.165) is 0 Å². The number of ether oxygens (including phenoxy) is 2. The van der Waals surface area contributed by atoms with Crippen LogP contribution in [0.3, 0.4) is 0 Å². The van der Waals surface area contributed by atoms with Crippen molar-refractivity contribution in [2.75, 3.05) is 6.61 Å². The van der Waals surface area contributed by atoms with Gasteiger partial charge in [0, 0.05) is 0 Å². The molecular weight excluding hydrogens is 195 g/mol. The van der Waals surface area contributed by atoms with E-state index in [1.54, 1.807) is 13.8 Å². The molecule has 0 amide bonds. The van der Waals surface area contributed by atoms with Gasteiger partial charge >= 0.3 is 29.6 Å². The molecule has 6 heteroatoms. The van der Waals surface area contributed by atoms with Crippen molar-refractivity contribution >= 4 is 17.6 Å². The number of aliphatic carboxylic acids is 1. The van der Waals surface area contributed by atoms with Gasteiger partial charge in [0.1, 0.15) is 5.56 Å². The first-order valence-electron chi connectivity index (χ1n) is 3.13. The third kappa shape index (κ3) is 10.7. The van der Waals surface area contributed by atoms with E-state index >= 15 is 0 Å². The molecule has 0 heterocycles. The maximum absolute atomic E-state index is 9.86. The van der Waals surface area contributed by atoms with Gasteiger partial charge in [0.25, 0.3) is 0 Å². The second-order valence-electron chi connectivity index (χ2n) is 1.93. The van der Waals surface area contributed by atoms with E-state index in [2.05, 4.69) is 4.74 Å². The third-order valence-corrected chi connectivity index (χ3v) is 0.918. The normalized spacial score (nSPS) is 14.6. The molecule has 0 radical (unpaired) electrons. The topological polar surface area (TPSA) is 58.6 Å². The molecule has 0 aliphatic heterocycles. The molecule has 0 aromatic carbocycles. The summed E-state index contributed by atoms with van der Waals surface area (Å²) < 4.78 is 9.50. The van der Waals surface area contributed by atoms with E-state index in [0.29, 0.717) is 0 Å². The number of carbonyl (C=O) groups is 1. The van der Waals surface area contributed by atoms with Gasteiger partial charge in [0.15, 0.2) is 6.29 Å². The summed E-state index contributed by atoms with van der Waals surface area (Å²) >= 11 is 5.42. The predicted molar refractivity (Wildman–Crippen MR) is 36.8 cm³/mol. The summed E-state index contributed by atoms with van der Waals surface area (Å²) in [4.78, 5) is 9.86. The number of carboxylic acid groups (broad SMARTS) is 1. The Hall–Kier alpha value is 0.680. The van der Waals surface area contributed by atoms with Gasteiger partial charge in [-0.05, 0) is 13.8 Å². The molecule has 0 aromatic rings. The average Bonchev–Trinajstić information content (AvgIpc) is 1.82. The average molecular weight is 205 g/mol. The Bertz CT molecular complexity index is 131. The molecule has 2 unspecified atom stereocenters. The van der Waals surface area contributed by atoms with Gasteiger partial charge in [-0.2, -0.15) is 0 Å². The van der Waals surface area contributed by atoms with Crippen molar-refractivity contribution in [3.05, 3.63) is 0 Å². The maximum atomic E-state index is 9.86. The van der Waals surface area contributed by atoms with Crippen LogP contribution in [0.2, 0.25) is 0 Å². The van der Waals surface area contributed by atoms with E-state index in [9.17, 15) is 9.90 Å². The number of hydrogen-bond donors (Lipinski definition) is 0. The zero-order valence-electron chi connectivity index (χ0n) is 7.37. The Morgan fingerprint density at radius 1 is 1.58 bits per heavy atom. The van der Waals surface area contributed by atoms with Crippen LogP contribution in [-0.4, -0.2) is 24.4 Å². The fraction of sp³-hybridized carbons (Fsp3) is 0.833. The maximum Gasteiger partial charge on any atom is 1.00 e. The number of halogens is 1. The van der Waals surface area contributed by atoms with Crippen molar-refractivity contribution in [2.24, 2.45) is 0 Å². The van der Waals surface area contributed by atoms with Crippen molar-refractivity contribution in [1.82, 2.24) is 0 Å². The molecule has 0 N–H and O–H groups in total. The van der Waals surface area contributed by atoms with Crippen LogP contribution >= 0.6 is 11.6 Å². The summed E-state index contributed by atoms with van der Waals surface area (Å²) in [5, 5.41) is 9.86. The minimum Gasteiger partial charge on any atom is -0.548 e. The van der Waals surface area contributed by atoms with Crippen LogP contribution in [-0.2, 0) is 14.3 Å². The predicted octanol–water partition coefficient (Wildman–Crippen LogP) is -3.30. The first-order valence-corrected chi connectivity index (χ1v) is 3.57. The van der Waals surface area contributed by atoms with Crippen LogP contribution < -0.4 is 34.7 Å². The third-order valence-electron chi connectivity index (χ3n) is 0.815. The van der Waals surface area contributed by atoms with Crippen LogP contribution in [0.15, 0.2) is 0 Å². The standard InChI is InChI=1S/C6H11ClO4.Na/c1-4(7)11-5(2)10-3-6(8)9;/h4-5H,3H2,1-2H3,(H,8,9);/q;+1/p-1. The summed E-state index contributed by atoms with van der Waals surface area (Å²) in [7, 11) is 0. The molecule has 0 aliphatic rings. The van der Waals surface area contributed by atoms with Crippen LogP contribution in [0.25, 0.3) is 0 Å². The van der Waals surface area contributed by atoms with Gasteiger partial charge in [-0.1, -0.05) is 11.6 Å². The van der Waals surface area contributed by atoms with Crippen LogP contribution in [0.5, 0.6) is 0 Å². The Labute approximate surface area is 98.5 Å². The van der Waals surface area contributed by atoms with Crippen molar-refractivity contribution in [1.29, 1.82) is 0 Å². The molecular formula is C6H10ClNaO4. The van der Waals surface area contributed by atoms with Crippen LogP contribution in [0.4, 0.5) is 0 Å². The van der Waals surface area contributed by atoms with Gasteiger partial charge in [0.2, 0.25) is 0 Å². The van der Waals surface area contributed by atoms with Crippen molar-refractivity contribution in [3.63, 3.8) is 0 Å². The minimum atomic E-state index is -1.28. The SMILES string of the molecule is CC(Cl)OC(C)OCC(=O)[O-].[Na+]. The first kappa shape index (κ1) is 15.2. The van der Waals surface area contributed by atoms with E-state index in [-0.39, 0.29) is 29.6 Å². The molecule has 0 bridgehead atoms. The number of alkyl halides is 1. The summed E-state index contributed by atoms with van der Waals surface area (Å²) in [6.45, 7) is 2.69. The summed E-state index contributed by atoms with van der Waals surface area (Å²) in [6.07, 6.45) is -0.625. The monoisotopic (exact) mass is 204 g/mol. The van der Waals surface area contributed by atoms with Gasteiger partial charge in [0.05, 0.1) is 12.6 Å². The second-order valence-corrected chi connectivity index (χ2v) is 2.54. The minimum absolute atomic E-state index is 0. The molecule has 0 saturated carbocycles. The van der Waals surface area contributed by atoms with Crippen molar-refractivity contribution in [3.8, 4) is 0 Å². The molecule has 0 fully saturated rings. The molecule has 66 valence electrons. The fourth-order valence-corrected chi connectivity index (χ4v) is 0.634. The summed E-state index contributed by atoms with van der Waals surface area (Å²) in [5.41, 5.74) is -0.494. The zero-order valence-corrected chi connectivity index (χ0v) is 10.1. The van der Waals surface area contributed by atoms with Crippen LogP contribution in [0, 0.1) is 0 Å². The quantitative estimate of drug-likeness (QED) is 0.268. The molecule has 12 heavy (non-hydrogen) atoms. The van der Waals surface area contributed by atoms with Crippen LogP contribution in [0.1, 0.15) is 13.8 Å². The number of hydrogen-bond acceptors (Lipinski definition) is 4. The van der Waals surface area contributed by atoms with Crippen molar-refractivity contribution in [2.45, 2.75) is 25.7 Å². The van der Waals surface area contributed by atoms with Crippen molar-refractivity contribution < 1.29 is 48.9 Å². The van der Waals surface area contributed by atoms with Gasteiger partial charge in [-0.3, -0.25) is 0 Å². The fourth-order valence-electron chi connectivity index (χ4n) is 0.489. The van der Waals surface area contributed by atoms with E-state index < -0.39 is 24.4 Å². The molecule has 4 nitrogen and oxygen atoms in total. The molecule has 0 aliphatic carbocycles. The Morgan fingerprint density at radius 3 is 2.42 bits per heavy atom. The summed E-state index contributed by atoms with van der Waals surface area (Å²) in [5.74, 6) is -1.28. The van der Waals surface area contributed by atoms with Gasteiger partial charge in [-0.25, -0.2) is 0 Å². The Balaban J connectivity index is 0. The zero-order chi connectivity index (χ0) is 8.85. The van der Waals surface area contributed by atoms with Gasteiger partial charge < -0.3 is 19.4 Å². The molecule has 0 rings (SSSR count). The Kier molecular flexibility index (Phi) is 10.5. The molecule has 0 aromatic heterocycles. The molecule has 0 spiro atoms. The number of carbonyl (C=O) groups excluding carboxylic acids is 1. The molecule has 2 atom stereocenters.